The van der Waals surface area contributed by atoms with E-state index < -0.39 is 23.9 Å². The number of methoxy groups -OCH3 is 1. The molecule has 4 aromatic carbocycles. The van der Waals surface area contributed by atoms with Crippen molar-refractivity contribution in [3.63, 3.8) is 0 Å². The van der Waals surface area contributed by atoms with E-state index in [9.17, 15) is 9.59 Å². The monoisotopic (exact) mass is 1050 g/mol. The normalized spacial score (nSPS) is 22.8. The maximum absolute atomic E-state index is 15.8. The third-order valence-corrected chi connectivity index (χ3v) is 16.4. The van der Waals surface area contributed by atoms with Gasteiger partial charge in [0.1, 0.15) is 17.3 Å². The lowest BCUT2D eigenvalue weighted by Crippen LogP contribution is -2.54. The van der Waals surface area contributed by atoms with Gasteiger partial charge < -0.3 is 28.7 Å². The number of nitrogens with zero attached hydrogens (tertiary/aromatic N) is 6. The van der Waals surface area contributed by atoms with Gasteiger partial charge in [0.2, 0.25) is 17.7 Å². The van der Waals surface area contributed by atoms with Crippen LogP contribution in [0.3, 0.4) is 0 Å². The highest BCUT2D eigenvalue weighted by Gasteiger charge is 2.46. The third-order valence-electron chi connectivity index (χ3n) is 15.9. The Morgan fingerprint density at radius 2 is 1.53 bits per heavy atom. The summed E-state index contributed by atoms with van der Waals surface area (Å²) in [5, 5.41) is 1.04. The molecule has 2 saturated heterocycles. The van der Waals surface area contributed by atoms with Crippen LogP contribution in [0.5, 0.6) is 11.5 Å². The highest BCUT2D eigenvalue weighted by Crippen LogP contribution is 2.47. The molecule has 2 aliphatic heterocycles. The number of ether oxygens (including phenoxy) is 2. The second-order valence-electron chi connectivity index (χ2n) is 21.1. The minimum atomic E-state index is -0.979. The van der Waals surface area contributed by atoms with Crippen LogP contribution < -0.4 is 4.74 Å². The van der Waals surface area contributed by atoms with E-state index in [0.29, 0.717) is 46.5 Å². The number of hydrogen-bond acceptors (Lipinski definition) is 8. The van der Waals surface area contributed by atoms with E-state index in [1.807, 2.05) is 84.9 Å². The van der Waals surface area contributed by atoms with Gasteiger partial charge in [-0.25, -0.2) is 4.98 Å². The fourth-order valence-electron chi connectivity index (χ4n) is 11.2. The zero-order valence-corrected chi connectivity index (χ0v) is 45.1. The fourth-order valence-corrected chi connectivity index (χ4v) is 11.5. The molecule has 3 fully saturated rings. The van der Waals surface area contributed by atoms with Crippen LogP contribution in [0.2, 0.25) is 10.0 Å². The Morgan fingerprint density at radius 1 is 0.822 bits per heavy atom. The zero-order valence-electron chi connectivity index (χ0n) is 42.7. The molecule has 3 amide bonds. The number of fused-ring (bicyclic) bond motifs is 1. The minimum Gasteiger partial charge on any atom is -0.457 e. The van der Waals surface area contributed by atoms with Gasteiger partial charge in [-0.05, 0) is 142 Å². The number of ketones is 1. The number of carbonyl (C=O) groups is 4. The van der Waals surface area contributed by atoms with Crippen LogP contribution in [-0.4, -0.2) is 112 Å². The second-order valence-corrected chi connectivity index (χ2v) is 22.0. The fraction of sp³-hybridized carbons (Fsp3) is 0.466. The number of benzene rings is 4. The molecule has 0 spiro atoms. The van der Waals surface area contributed by atoms with Crippen LogP contribution in [0, 0.1) is 17.3 Å². The van der Waals surface area contributed by atoms with Crippen molar-refractivity contribution in [1.82, 2.24) is 29.2 Å². The van der Waals surface area contributed by atoms with Gasteiger partial charge >= 0.3 is 0 Å². The topological polar surface area (TPSA) is 118 Å². The van der Waals surface area contributed by atoms with Crippen molar-refractivity contribution in [3.05, 3.63) is 135 Å². The van der Waals surface area contributed by atoms with Gasteiger partial charge in [-0.3, -0.25) is 24.1 Å². The molecule has 5 aromatic rings. The summed E-state index contributed by atoms with van der Waals surface area (Å²) in [7, 11) is 5.34. The van der Waals surface area contributed by atoms with Crippen LogP contribution in [0.4, 0.5) is 0 Å². The Hall–Kier alpha value is -5.24. The van der Waals surface area contributed by atoms with Gasteiger partial charge in [0.05, 0.1) is 55.5 Å². The average Bonchev–Trinajstić information content (AvgIpc) is 3.69. The smallest absolute Gasteiger partial charge is 0.228 e. The van der Waals surface area contributed by atoms with Gasteiger partial charge in [0.25, 0.3) is 0 Å². The predicted molar refractivity (Wildman–Crippen MR) is 288 cm³/mol. The summed E-state index contributed by atoms with van der Waals surface area (Å²) >= 11 is 13.0. The Bertz CT molecular complexity index is 2760. The highest BCUT2D eigenvalue weighted by molar-refractivity contribution is 6.31. The van der Waals surface area contributed by atoms with Crippen molar-refractivity contribution in [2.75, 3.05) is 46.9 Å². The van der Waals surface area contributed by atoms with Crippen molar-refractivity contribution < 1.29 is 28.7 Å². The first kappa shape index (κ1) is 54.0. The Morgan fingerprint density at radius 3 is 2.25 bits per heavy atom. The van der Waals surface area contributed by atoms with E-state index in [2.05, 4.69) is 28.5 Å². The van der Waals surface area contributed by atoms with Gasteiger partial charge in [-0.2, -0.15) is 0 Å². The Balaban J connectivity index is 0.00000711. The molecule has 0 unspecified atom stereocenters. The van der Waals surface area contributed by atoms with Gasteiger partial charge in [0, 0.05) is 68.3 Å². The summed E-state index contributed by atoms with van der Waals surface area (Å²) in [6.45, 7) is 7.67. The van der Waals surface area contributed by atoms with Crippen molar-refractivity contribution in [2.45, 2.75) is 103 Å². The molecule has 1 saturated carbocycles. The first-order chi connectivity index (χ1) is 34.7. The van der Waals surface area contributed by atoms with Crippen LogP contribution in [0.25, 0.3) is 11.3 Å². The van der Waals surface area contributed by atoms with Gasteiger partial charge in [-0.1, -0.05) is 72.6 Å². The van der Waals surface area contributed by atoms with Crippen molar-refractivity contribution in [3.8, 4) is 22.8 Å². The molecule has 388 valence electrons. The van der Waals surface area contributed by atoms with Crippen LogP contribution in [0.15, 0.2) is 97.2 Å². The molecule has 12 nitrogen and oxygen atoms in total. The van der Waals surface area contributed by atoms with Crippen LogP contribution in [-0.2, 0) is 56.9 Å². The molecule has 0 N–H and O–H groups in total. The summed E-state index contributed by atoms with van der Waals surface area (Å²) in [6, 6.07) is 27.5. The molecule has 3 heterocycles. The number of carbonyl (C=O) groups excluding carboxylic acids is 4. The SMILES string of the molecule is COC[C@@H]1CC(=O)[C@H](C)N(Cc2ccc(Cl)cc2Oc2ccc(-c3cnc(CN4CCCC4)n3C)cc2)C(=O)C[C@@H]([C@H]2CCc3ccccc32)C(=O)N(CC2(C)CC2)C[C@@H](Cc2ccc(Cl)cc2)N(C)C1=O.Cl. The Labute approximate surface area is 446 Å². The number of hydrogen-bond donors (Lipinski definition) is 0. The molecule has 1 aromatic heterocycles. The largest absolute Gasteiger partial charge is 0.457 e. The quantitative estimate of drug-likeness (QED) is 0.108. The molecule has 73 heavy (non-hydrogen) atoms. The summed E-state index contributed by atoms with van der Waals surface area (Å²) in [5.74, 6) is -0.781. The van der Waals surface area contributed by atoms with Crippen LogP contribution in [0.1, 0.15) is 92.8 Å². The van der Waals surface area contributed by atoms with Crippen molar-refractivity contribution in [1.29, 1.82) is 0 Å². The molecule has 2 aliphatic carbocycles. The number of likely N-dealkylation sites (tertiary alicyclic amines) is 1. The highest BCUT2D eigenvalue weighted by atomic mass is 35.5. The number of rotatable bonds is 14. The predicted octanol–water partition coefficient (Wildman–Crippen LogP) is 10.6. The van der Waals surface area contributed by atoms with Crippen molar-refractivity contribution in [2.24, 2.45) is 24.3 Å². The number of aromatic nitrogens is 2. The van der Waals surface area contributed by atoms with E-state index in [0.717, 1.165) is 67.1 Å². The average molecular weight is 1050 g/mol. The molecule has 9 rings (SSSR count). The minimum absolute atomic E-state index is 0. The Kier molecular flexibility index (Phi) is 17.4. The lowest BCUT2D eigenvalue weighted by molar-refractivity contribution is -0.149. The number of likely N-dealkylation sites (N-methyl/N-ethyl adjacent to an activating group) is 1. The second kappa shape index (κ2) is 23.5. The summed E-state index contributed by atoms with van der Waals surface area (Å²) < 4.78 is 14.4. The first-order valence-corrected chi connectivity index (χ1v) is 26.4. The first-order valence-electron chi connectivity index (χ1n) is 25.7. The molecule has 4 aliphatic rings. The van der Waals surface area contributed by atoms with E-state index in [4.69, 9.17) is 37.7 Å². The van der Waals surface area contributed by atoms with E-state index in [1.165, 1.54) is 25.5 Å². The molecule has 5 atom stereocenters. The molecule has 0 radical (unpaired) electrons. The van der Waals surface area contributed by atoms with Gasteiger partial charge in [0.15, 0.2) is 5.78 Å². The van der Waals surface area contributed by atoms with Gasteiger partial charge in [-0.15, -0.1) is 12.4 Å². The summed E-state index contributed by atoms with van der Waals surface area (Å²) in [4.78, 5) is 73.3. The molecule has 0 bridgehead atoms. The number of amides is 3. The maximum Gasteiger partial charge on any atom is 0.228 e. The lowest BCUT2D eigenvalue weighted by atomic mass is 9.82. The molecular weight excluding hydrogens is 983 g/mol. The van der Waals surface area contributed by atoms with E-state index in [-0.39, 0.29) is 79.8 Å². The summed E-state index contributed by atoms with van der Waals surface area (Å²) in [5.41, 5.74) is 5.76. The van der Waals surface area contributed by atoms with E-state index >= 15 is 9.59 Å². The van der Waals surface area contributed by atoms with Crippen molar-refractivity contribution >= 4 is 59.1 Å². The maximum atomic E-state index is 15.8. The molecular formula is C58H69Cl3N6O6. The third kappa shape index (κ3) is 12.7. The van der Waals surface area contributed by atoms with Crippen LogP contribution >= 0.6 is 35.6 Å². The molecule has 15 heteroatoms. The lowest BCUT2D eigenvalue weighted by Gasteiger charge is -2.39. The summed E-state index contributed by atoms with van der Waals surface area (Å²) in [6.07, 6.45) is 8.00. The number of halogens is 3. The zero-order chi connectivity index (χ0) is 50.7. The number of aryl methyl sites for hydroxylation is 1. The number of imidazole rings is 1. The number of Topliss-reactive ketones (excluding diaryl/α,β-unsaturated/α-hetero) is 1. The standard InChI is InChI=1S/C58H68Cl2N6O6.ClH/c1-38-52(67)29-43(36-71-5)56(69)62(3)46(28-39-12-18-44(59)19-13-39)34-65(37-58(2)24-25-58)57(70)50(49-23-17-40-10-6-7-11-48(40)49)31-55(68)66(38)33-42-14-20-45(60)30-53(42)72-47-21-15-41(16-22-47)51-32-61-54(63(51)4)35-64-26-8-9-27-64;/h6-7,10-16,18-22,30,32,38,43,46,49-50H,8-9,17,23-29,31,33-37H2,1-5H3;1H/t38-,43-,46+,49-,50-;/m0./s1. The van der Waals surface area contributed by atoms with E-state index in [1.54, 1.807) is 35.9 Å².